The van der Waals surface area contributed by atoms with Crippen LogP contribution in [0.1, 0.15) is 19.3 Å². The van der Waals surface area contributed by atoms with Gasteiger partial charge < -0.3 is 15.2 Å². The summed E-state index contributed by atoms with van der Waals surface area (Å²) in [5.74, 6) is 1.88. The summed E-state index contributed by atoms with van der Waals surface area (Å²) in [4.78, 5) is 11.4. The molecule has 0 aromatic carbocycles. The Labute approximate surface area is 94.8 Å². The van der Waals surface area contributed by atoms with Crippen molar-refractivity contribution in [2.24, 2.45) is 0 Å². The van der Waals surface area contributed by atoms with Gasteiger partial charge >= 0.3 is 0 Å². The van der Waals surface area contributed by atoms with Gasteiger partial charge in [0.2, 0.25) is 5.91 Å². The Morgan fingerprint density at radius 2 is 2.40 bits per heavy atom. The van der Waals surface area contributed by atoms with Gasteiger partial charge in [0.25, 0.3) is 0 Å². The standard InChI is InChI=1S/C10H19NO3S/c12-5-2-7-15-8-4-11-10(13)9-3-1-6-14-9/h9,12H,1-8H2,(H,11,13). The van der Waals surface area contributed by atoms with Gasteiger partial charge in [0, 0.05) is 25.5 Å². The van der Waals surface area contributed by atoms with Crippen molar-refractivity contribution >= 4 is 17.7 Å². The van der Waals surface area contributed by atoms with Crippen molar-refractivity contribution in [1.82, 2.24) is 5.32 Å². The lowest BCUT2D eigenvalue weighted by Gasteiger charge is -2.09. The Balaban J connectivity index is 1.92. The van der Waals surface area contributed by atoms with Crippen molar-refractivity contribution < 1.29 is 14.6 Å². The van der Waals surface area contributed by atoms with E-state index in [1.165, 1.54) is 0 Å². The summed E-state index contributed by atoms with van der Waals surface area (Å²) in [7, 11) is 0. The molecular weight excluding hydrogens is 214 g/mol. The van der Waals surface area contributed by atoms with Crippen molar-refractivity contribution in [3.8, 4) is 0 Å². The molecule has 1 heterocycles. The summed E-state index contributed by atoms with van der Waals surface area (Å²) >= 11 is 1.75. The first kappa shape index (κ1) is 12.8. The van der Waals surface area contributed by atoms with E-state index in [2.05, 4.69) is 5.32 Å². The predicted octanol–water partition coefficient (Wildman–Crippen LogP) is 0.397. The molecule has 1 unspecified atom stereocenters. The maximum atomic E-state index is 11.4. The van der Waals surface area contributed by atoms with Gasteiger partial charge in [0.05, 0.1) is 0 Å². The lowest BCUT2D eigenvalue weighted by Crippen LogP contribution is -2.35. The number of amides is 1. The maximum Gasteiger partial charge on any atom is 0.249 e. The number of hydrogen-bond acceptors (Lipinski definition) is 4. The molecule has 0 aromatic heterocycles. The second-order valence-corrected chi connectivity index (χ2v) is 4.71. The Morgan fingerprint density at radius 1 is 1.53 bits per heavy atom. The van der Waals surface area contributed by atoms with E-state index in [9.17, 15) is 4.79 Å². The van der Waals surface area contributed by atoms with E-state index < -0.39 is 0 Å². The highest BCUT2D eigenvalue weighted by atomic mass is 32.2. The van der Waals surface area contributed by atoms with Crippen molar-refractivity contribution in [2.75, 3.05) is 31.3 Å². The summed E-state index contributed by atoms with van der Waals surface area (Å²) in [6.45, 7) is 1.65. The van der Waals surface area contributed by atoms with Crippen LogP contribution in [0, 0.1) is 0 Å². The van der Waals surface area contributed by atoms with Crippen LogP contribution in [-0.2, 0) is 9.53 Å². The highest BCUT2D eigenvalue weighted by Gasteiger charge is 2.22. The summed E-state index contributed by atoms with van der Waals surface area (Å²) < 4.78 is 5.26. The Bertz CT molecular complexity index is 184. The minimum Gasteiger partial charge on any atom is -0.396 e. The van der Waals surface area contributed by atoms with Crippen LogP contribution in [0.25, 0.3) is 0 Å². The van der Waals surface area contributed by atoms with Gasteiger partial charge in [-0.1, -0.05) is 0 Å². The molecule has 0 saturated carbocycles. The Kier molecular flexibility index (Phi) is 6.80. The monoisotopic (exact) mass is 233 g/mol. The number of nitrogens with one attached hydrogen (secondary N) is 1. The van der Waals surface area contributed by atoms with Crippen LogP contribution < -0.4 is 5.32 Å². The van der Waals surface area contributed by atoms with Gasteiger partial charge in [-0.05, 0) is 25.0 Å². The van der Waals surface area contributed by atoms with E-state index >= 15 is 0 Å². The number of carbonyl (C=O) groups excluding carboxylic acids is 1. The smallest absolute Gasteiger partial charge is 0.249 e. The highest BCUT2D eigenvalue weighted by molar-refractivity contribution is 7.99. The van der Waals surface area contributed by atoms with E-state index in [-0.39, 0.29) is 18.6 Å². The minimum absolute atomic E-state index is 0.0234. The first-order valence-electron chi connectivity index (χ1n) is 5.42. The quantitative estimate of drug-likeness (QED) is 0.625. The average Bonchev–Trinajstić information content (AvgIpc) is 2.76. The van der Waals surface area contributed by atoms with Crippen LogP contribution in [0.15, 0.2) is 0 Å². The topological polar surface area (TPSA) is 58.6 Å². The number of carbonyl (C=O) groups is 1. The summed E-state index contributed by atoms with van der Waals surface area (Å²) in [5.41, 5.74) is 0. The molecule has 1 aliphatic rings. The number of ether oxygens (including phenoxy) is 1. The van der Waals surface area contributed by atoms with Crippen molar-refractivity contribution in [2.45, 2.75) is 25.4 Å². The highest BCUT2D eigenvalue weighted by Crippen LogP contribution is 2.11. The van der Waals surface area contributed by atoms with E-state index in [0.717, 1.165) is 30.8 Å². The molecule has 1 fully saturated rings. The first-order valence-corrected chi connectivity index (χ1v) is 6.58. The largest absolute Gasteiger partial charge is 0.396 e. The molecule has 15 heavy (non-hydrogen) atoms. The fourth-order valence-corrected chi connectivity index (χ4v) is 2.20. The minimum atomic E-state index is -0.215. The lowest BCUT2D eigenvalue weighted by molar-refractivity contribution is -0.129. The summed E-state index contributed by atoms with van der Waals surface area (Å²) in [6, 6.07) is 0. The number of thioether (sulfide) groups is 1. The van der Waals surface area contributed by atoms with Gasteiger partial charge in [-0.3, -0.25) is 4.79 Å². The molecule has 0 aromatic rings. The number of aliphatic hydroxyl groups is 1. The number of rotatable bonds is 7. The third kappa shape index (κ3) is 5.39. The van der Waals surface area contributed by atoms with E-state index in [1.807, 2.05) is 0 Å². The summed E-state index contributed by atoms with van der Waals surface area (Å²) in [5, 5.41) is 11.4. The van der Waals surface area contributed by atoms with Crippen molar-refractivity contribution in [3.05, 3.63) is 0 Å². The fourth-order valence-electron chi connectivity index (χ4n) is 1.41. The molecule has 2 N–H and O–H groups in total. The molecule has 4 nitrogen and oxygen atoms in total. The lowest BCUT2D eigenvalue weighted by atomic mass is 10.2. The first-order chi connectivity index (χ1) is 7.34. The zero-order valence-electron chi connectivity index (χ0n) is 8.91. The van der Waals surface area contributed by atoms with Gasteiger partial charge in [-0.15, -0.1) is 0 Å². The van der Waals surface area contributed by atoms with Crippen LogP contribution in [-0.4, -0.2) is 48.4 Å². The van der Waals surface area contributed by atoms with E-state index in [0.29, 0.717) is 13.2 Å². The van der Waals surface area contributed by atoms with Crippen molar-refractivity contribution in [3.63, 3.8) is 0 Å². The molecule has 0 radical (unpaired) electrons. The van der Waals surface area contributed by atoms with E-state index in [1.54, 1.807) is 11.8 Å². The molecule has 1 atom stereocenters. The molecule has 0 aliphatic carbocycles. The van der Waals surface area contributed by atoms with Gasteiger partial charge in [0.1, 0.15) is 6.10 Å². The van der Waals surface area contributed by atoms with Gasteiger partial charge in [0.15, 0.2) is 0 Å². The molecule has 1 aliphatic heterocycles. The molecule has 5 heteroatoms. The Morgan fingerprint density at radius 3 is 3.07 bits per heavy atom. The third-order valence-corrected chi connectivity index (χ3v) is 3.28. The zero-order chi connectivity index (χ0) is 10.9. The Hall–Kier alpha value is -0.260. The average molecular weight is 233 g/mol. The molecule has 1 saturated heterocycles. The van der Waals surface area contributed by atoms with Gasteiger partial charge in [-0.25, -0.2) is 0 Å². The molecule has 0 spiro atoms. The normalized spacial score (nSPS) is 20.5. The zero-order valence-corrected chi connectivity index (χ0v) is 9.72. The van der Waals surface area contributed by atoms with Gasteiger partial charge in [-0.2, -0.15) is 11.8 Å². The van der Waals surface area contributed by atoms with Crippen molar-refractivity contribution in [1.29, 1.82) is 0 Å². The van der Waals surface area contributed by atoms with Crippen LogP contribution in [0.4, 0.5) is 0 Å². The molecule has 1 amide bonds. The maximum absolute atomic E-state index is 11.4. The number of hydrogen-bond donors (Lipinski definition) is 2. The predicted molar refractivity (Wildman–Crippen MR) is 61.0 cm³/mol. The second-order valence-electron chi connectivity index (χ2n) is 3.48. The van der Waals surface area contributed by atoms with Crippen LogP contribution >= 0.6 is 11.8 Å². The molecule has 0 bridgehead atoms. The number of aliphatic hydroxyl groups excluding tert-OH is 1. The third-order valence-electron chi connectivity index (χ3n) is 2.21. The molecular formula is C10H19NO3S. The van der Waals surface area contributed by atoms with Crippen LogP contribution in [0.5, 0.6) is 0 Å². The SMILES string of the molecule is O=C(NCCSCCCO)C1CCCO1. The second kappa shape index (κ2) is 7.96. The molecule has 1 rings (SSSR count). The van der Waals surface area contributed by atoms with Crippen LogP contribution in [0.3, 0.4) is 0 Å². The summed E-state index contributed by atoms with van der Waals surface area (Å²) in [6.07, 6.45) is 2.45. The van der Waals surface area contributed by atoms with E-state index in [4.69, 9.17) is 9.84 Å². The fraction of sp³-hybridized carbons (Fsp3) is 0.900. The van der Waals surface area contributed by atoms with Crippen LogP contribution in [0.2, 0.25) is 0 Å². The molecule has 88 valence electrons.